The van der Waals surface area contributed by atoms with E-state index in [2.05, 4.69) is 26.7 Å². The Morgan fingerprint density at radius 1 is 1.12 bits per heavy atom. The first kappa shape index (κ1) is 20.0. The summed E-state index contributed by atoms with van der Waals surface area (Å²) >= 11 is 1.52. The molecule has 0 unspecified atom stereocenters. The minimum atomic E-state index is -0.156. The Labute approximate surface area is 192 Å². The first-order chi connectivity index (χ1) is 15.6. The number of hydrogen-bond acceptors (Lipinski definition) is 5. The summed E-state index contributed by atoms with van der Waals surface area (Å²) in [7, 11) is 1.99. The molecule has 7 heteroatoms. The summed E-state index contributed by atoms with van der Waals surface area (Å²) in [5.41, 5.74) is 6.13. The Morgan fingerprint density at radius 3 is 2.88 bits per heavy atom. The Balaban J connectivity index is 0.00000162. The highest BCUT2D eigenvalue weighted by molar-refractivity contribution is 7.14. The van der Waals surface area contributed by atoms with Gasteiger partial charge >= 0.3 is 0 Å². The molecule has 5 aromatic rings. The van der Waals surface area contributed by atoms with Gasteiger partial charge in [-0.3, -0.25) is 9.78 Å². The van der Waals surface area contributed by atoms with Gasteiger partial charge in [0.25, 0.3) is 5.91 Å². The average molecular weight is 444 g/mol. The average Bonchev–Trinajstić information content (AvgIpc) is 3.43. The van der Waals surface area contributed by atoms with Crippen LogP contribution in [0.5, 0.6) is 0 Å². The molecule has 0 bridgehead atoms. The molecule has 0 atom stereocenters. The van der Waals surface area contributed by atoms with Crippen molar-refractivity contribution >= 4 is 44.7 Å². The zero-order valence-electron chi connectivity index (χ0n) is 17.7. The third-order valence-electron chi connectivity index (χ3n) is 5.35. The largest absolute Gasteiger partial charge is 0.350 e. The second-order valence-corrected chi connectivity index (χ2v) is 8.45. The first-order valence-corrected chi connectivity index (χ1v) is 11.0. The lowest BCUT2D eigenvalue weighted by Gasteiger charge is -2.11. The summed E-state index contributed by atoms with van der Waals surface area (Å²) in [5.74, 6) is -0.156. The van der Waals surface area contributed by atoms with Crippen molar-refractivity contribution in [1.82, 2.24) is 14.5 Å². The van der Waals surface area contributed by atoms with E-state index < -0.39 is 0 Å². The van der Waals surface area contributed by atoms with E-state index >= 15 is 0 Å². The molecule has 3 heterocycles. The van der Waals surface area contributed by atoms with Crippen LogP contribution in [0.1, 0.15) is 18.8 Å². The number of benzene rings is 2. The lowest BCUT2D eigenvalue weighted by atomic mass is 10.1. The van der Waals surface area contributed by atoms with E-state index in [0.29, 0.717) is 5.56 Å². The van der Waals surface area contributed by atoms with E-state index in [0.717, 1.165) is 44.2 Å². The summed E-state index contributed by atoms with van der Waals surface area (Å²) in [6.07, 6.45) is 5.54. The summed E-state index contributed by atoms with van der Waals surface area (Å²) < 4.78 is 2.03. The van der Waals surface area contributed by atoms with Gasteiger partial charge in [-0.15, -0.1) is 11.3 Å². The van der Waals surface area contributed by atoms with Crippen LogP contribution in [0.3, 0.4) is 0 Å². The highest BCUT2D eigenvalue weighted by atomic mass is 32.1. The molecule has 2 aromatic carbocycles. The maximum absolute atomic E-state index is 12.9. The van der Waals surface area contributed by atoms with Gasteiger partial charge in [0.1, 0.15) is 0 Å². The first-order valence-electron chi connectivity index (χ1n) is 10.2. The van der Waals surface area contributed by atoms with Crippen molar-refractivity contribution in [3.8, 4) is 11.3 Å². The number of pyridine rings is 1. The zero-order chi connectivity index (χ0) is 22.1. The van der Waals surface area contributed by atoms with E-state index in [9.17, 15) is 4.79 Å². The summed E-state index contributed by atoms with van der Waals surface area (Å²) in [6, 6.07) is 17.5. The maximum atomic E-state index is 12.9. The van der Waals surface area contributed by atoms with Crippen molar-refractivity contribution < 1.29 is 7.65 Å². The number of amides is 1. The molecule has 1 amide bonds. The van der Waals surface area contributed by atoms with Gasteiger partial charge < -0.3 is 15.2 Å². The number of thiazole rings is 1. The number of fused-ring (bicyclic) bond motifs is 1. The number of nitrogens with zero attached hydrogens (tertiary/aromatic N) is 3. The number of carbonyl (C=O) groups is 1. The number of nitrogens with one attached hydrogen (secondary N) is 2. The number of rotatable bonds is 5. The molecule has 0 aliphatic heterocycles. The van der Waals surface area contributed by atoms with Gasteiger partial charge in [-0.2, -0.15) is 0 Å². The Morgan fingerprint density at radius 2 is 2.03 bits per heavy atom. The van der Waals surface area contributed by atoms with Gasteiger partial charge in [-0.25, -0.2) is 4.98 Å². The maximum Gasteiger partial charge on any atom is 0.255 e. The van der Waals surface area contributed by atoms with E-state index in [1.165, 1.54) is 11.3 Å². The molecule has 3 aromatic heterocycles. The van der Waals surface area contributed by atoms with E-state index in [1.807, 2.05) is 78.6 Å². The molecular formula is C25H25N5OS. The van der Waals surface area contributed by atoms with Crippen molar-refractivity contribution in [2.24, 2.45) is 7.05 Å². The minimum Gasteiger partial charge on any atom is -0.350 e. The van der Waals surface area contributed by atoms with Crippen LogP contribution in [0.4, 0.5) is 16.5 Å². The summed E-state index contributed by atoms with van der Waals surface area (Å²) in [5, 5.41) is 10.3. The molecular weight excluding hydrogens is 418 g/mol. The standard InChI is InChI=1S/C25H21N5OS.2H2/c1-16-5-6-18(24(31)27-20-8-7-17-9-11-30(2)23(17)13-20)12-21(16)28-25-29-22(15-32-25)19-4-3-10-26-14-19;;/h3-15H,1-2H3,(H,27,31)(H,28,29);2*1H. The SMILES string of the molecule is Cc1ccc(C(=O)Nc2ccc3ccn(C)c3c2)cc1Nc1nc(-c2cccnc2)cs1.[HH].[HH]. The van der Waals surface area contributed by atoms with Crippen LogP contribution in [-0.2, 0) is 7.05 Å². The minimum absolute atomic E-state index is 0. The summed E-state index contributed by atoms with van der Waals surface area (Å²) in [4.78, 5) is 21.7. The van der Waals surface area contributed by atoms with Gasteiger partial charge in [0.2, 0.25) is 0 Å². The quantitative estimate of drug-likeness (QED) is 0.325. The van der Waals surface area contributed by atoms with Crippen LogP contribution in [0.2, 0.25) is 0 Å². The third kappa shape index (κ3) is 3.98. The van der Waals surface area contributed by atoms with Gasteiger partial charge in [-0.1, -0.05) is 12.1 Å². The fourth-order valence-corrected chi connectivity index (χ4v) is 4.27. The molecule has 0 aliphatic rings. The second-order valence-electron chi connectivity index (χ2n) is 7.59. The molecule has 0 spiro atoms. The number of aromatic nitrogens is 3. The van der Waals surface area contributed by atoms with Crippen molar-refractivity contribution in [2.75, 3.05) is 10.6 Å². The number of carbonyl (C=O) groups excluding carboxylic acids is 1. The predicted molar refractivity (Wildman–Crippen MR) is 135 cm³/mol. The lowest BCUT2D eigenvalue weighted by Crippen LogP contribution is -2.12. The molecule has 6 nitrogen and oxygen atoms in total. The molecule has 0 saturated carbocycles. The van der Waals surface area contributed by atoms with Crippen LogP contribution in [0.25, 0.3) is 22.2 Å². The monoisotopic (exact) mass is 443 g/mol. The molecule has 32 heavy (non-hydrogen) atoms. The Kier molecular flexibility index (Phi) is 5.17. The number of aryl methyl sites for hydroxylation is 2. The molecule has 2 N–H and O–H groups in total. The van der Waals surface area contributed by atoms with Gasteiger partial charge in [0.15, 0.2) is 5.13 Å². The molecule has 162 valence electrons. The number of anilines is 3. The van der Waals surface area contributed by atoms with Gasteiger partial charge in [-0.05, 0) is 60.3 Å². The molecule has 5 rings (SSSR count). The molecule has 0 radical (unpaired) electrons. The van der Waals surface area contributed by atoms with Gasteiger partial charge in [0.05, 0.1) is 5.69 Å². The molecule has 0 fully saturated rings. The Hall–Kier alpha value is -3.97. The Bertz CT molecular complexity index is 1430. The van der Waals surface area contributed by atoms with Crippen LogP contribution in [0, 0.1) is 6.92 Å². The highest BCUT2D eigenvalue weighted by Crippen LogP contribution is 2.29. The van der Waals surface area contributed by atoms with Crippen LogP contribution < -0.4 is 10.6 Å². The fraction of sp³-hybridized carbons (Fsp3) is 0.0800. The van der Waals surface area contributed by atoms with Crippen LogP contribution >= 0.6 is 11.3 Å². The predicted octanol–water partition coefficient (Wildman–Crippen LogP) is 6.49. The van der Waals surface area contributed by atoms with E-state index in [4.69, 9.17) is 0 Å². The number of hydrogen-bond donors (Lipinski definition) is 2. The smallest absolute Gasteiger partial charge is 0.255 e. The van der Waals surface area contributed by atoms with Crippen molar-refractivity contribution in [1.29, 1.82) is 0 Å². The second kappa shape index (κ2) is 8.28. The van der Waals surface area contributed by atoms with Crippen molar-refractivity contribution in [2.45, 2.75) is 6.92 Å². The normalized spacial score (nSPS) is 10.9. The fourth-order valence-electron chi connectivity index (χ4n) is 3.53. The van der Waals surface area contributed by atoms with Crippen LogP contribution in [-0.4, -0.2) is 20.4 Å². The zero-order valence-corrected chi connectivity index (χ0v) is 18.5. The molecule has 0 saturated heterocycles. The van der Waals surface area contributed by atoms with E-state index in [1.54, 1.807) is 12.4 Å². The van der Waals surface area contributed by atoms with Crippen molar-refractivity contribution in [3.63, 3.8) is 0 Å². The lowest BCUT2D eigenvalue weighted by molar-refractivity contribution is 0.102. The van der Waals surface area contributed by atoms with Crippen molar-refractivity contribution in [3.05, 3.63) is 89.7 Å². The third-order valence-corrected chi connectivity index (χ3v) is 6.11. The van der Waals surface area contributed by atoms with Crippen LogP contribution in [0.15, 0.2) is 78.6 Å². The molecule has 0 aliphatic carbocycles. The van der Waals surface area contributed by atoms with E-state index in [-0.39, 0.29) is 8.76 Å². The topological polar surface area (TPSA) is 71.8 Å². The summed E-state index contributed by atoms with van der Waals surface area (Å²) in [6.45, 7) is 2.00. The highest BCUT2D eigenvalue weighted by Gasteiger charge is 2.11. The van der Waals surface area contributed by atoms with Gasteiger partial charge in [0, 0.05) is 61.9 Å².